The average molecular weight is 1430 g/mol. The van der Waals surface area contributed by atoms with Gasteiger partial charge in [0.15, 0.2) is 35.3 Å². The number of allylic oxidation sites excluding steroid dienone is 4. The Bertz CT molecular complexity index is 3190. The summed E-state index contributed by atoms with van der Waals surface area (Å²) in [6.07, 6.45) is 15.6. The minimum atomic E-state index is -1.13. The van der Waals surface area contributed by atoms with E-state index in [1.54, 1.807) is 23.6 Å². The number of Topliss-reactive ketones (excluding diaryl/α,β-unsaturated/α-hetero) is 2. The zero-order valence-corrected chi connectivity index (χ0v) is 64.0. The zero-order valence-electron chi connectivity index (χ0n) is 63.3. The summed E-state index contributed by atoms with van der Waals surface area (Å²) in [5, 5.41) is 0. The Kier molecular flexibility index (Phi) is 21.8. The third-order valence-electron chi connectivity index (χ3n) is 30.3. The molecule has 0 aromatic carbocycles. The number of nitrogens with one attached hydrogen (secondary N) is 1. The first-order chi connectivity index (χ1) is 46.8. The van der Waals surface area contributed by atoms with Crippen molar-refractivity contribution in [3.05, 3.63) is 48.6 Å². The van der Waals surface area contributed by atoms with E-state index in [4.69, 9.17) is 28.4 Å². The number of halogens is 1. The van der Waals surface area contributed by atoms with Gasteiger partial charge in [-0.2, -0.15) is 0 Å². The van der Waals surface area contributed by atoms with Gasteiger partial charge in [0.1, 0.15) is 12.2 Å². The van der Waals surface area contributed by atoms with Crippen molar-refractivity contribution in [2.24, 2.45) is 114 Å². The highest BCUT2D eigenvalue weighted by atomic mass is 35.5. The molecule has 4 spiro atoms. The van der Waals surface area contributed by atoms with E-state index in [2.05, 4.69) is 78.8 Å². The molecule has 8 saturated carbocycles. The molecule has 0 aromatic rings. The molecule has 0 unspecified atom stereocenters. The van der Waals surface area contributed by atoms with E-state index in [1.807, 2.05) is 33.0 Å². The number of carbonyl (C=O) groups is 10. The summed E-state index contributed by atoms with van der Waals surface area (Å²) in [6, 6.07) is 0. The van der Waals surface area contributed by atoms with Crippen molar-refractivity contribution < 1.29 is 93.7 Å². The molecular formula is C80H117ClN4O16. The van der Waals surface area contributed by atoms with Crippen LogP contribution in [0.3, 0.4) is 0 Å². The molecule has 2 aliphatic heterocycles. The van der Waals surface area contributed by atoms with Crippen LogP contribution in [-0.4, -0.2) is 178 Å². The number of ether oxygens (including phenoxy) is 6. The molecule has 24 atom stereocenters. The van der Waals surface area contributed by atoms with Crippen molar-refractivity contribution >= 4 is 59.2 Å². The Balaban J connectivity index is 0.000000216. The summed E-state index contributed by atoms with van der Waals surface area (Å²) in [6.45, 7) is 40.4. The fraction of sp³-hybridized carbons (Fsp3) is 0.775. The molecule has 10 aliphatic carbocycles. The third kappa shape index (κ3) is 12.8. The fourth-order valence-electron chi connectivity index (χ4n) is 24.5. The number of quaternary nitrogens is 1. The van der Waals surface area contributed by atoms with E-state index in [1.165, 1.54) is 32.6 Å². The largest absolute Gasteiger partial charge is 1.00 e. The van der Waals surface area contributed by atoms with Crippen molar-refractivity contribution in [1.29, 1.82) is 0 Å². The lowest BCUT2D eigenvalue weighted by Crippen LogP contribution is -3.12. The SMILES string of the molecule is C=C(C(=O)[C@H](OC(C)=O)[C@@H](C)[C@H]1[C@@H](OC(C)=O)C[C@@]2(C)[C@@H]3CC[C@H]4[C@H](C)C(=O)C=C[C@@]45C[C@@]35CC[C@]12C)[C@@H](C)COC(=O)N1CCN(C)CC1.C=C(C(=O)[C@H](OC(C)=O)[C@@H](C)[C@H]1[C@@H](OC(C)=O)C[C@@]2(C)[C@@H]3CC[C@H]4[C@H](C)C(=O)C=C[C@@]45C[C@@]35CC[C@]12C)[C@@H](C)COC(=O)N1CC[NH+](C)CC1.[Cl-]. The molecule has 2 saturated heterocycles. The third-order valence-corrected chi connectivity index (χ3v) is 30.3. The minimum Gasteiger partial charge on any atom is -1.00 e. The van der Waals surface area contributed by atoms with E-state index in [-0.39, 0.29) is 127 Å². The molecule has 21 heteroatoms. The first kappa shape index (κ1) is 77.9. The van der Waals surface area contributed by atoms with Gasteiger partial charge in [-0.25, -0.2) is 9.59 Å². The first-order valence-electron chi connectivity index (χ1n) is 37.8. The molecule has 0 bridgehead atoms. The maximum absolute atomic E-state index is 14.3. The molecule has 0 aromatic heterocycles. The van der Waals surface area contributed by atoms with Gasteiger partial charge in [0.25, 0.3) is 0 Å². The van der Waals surface area contributed by atoms with Gasteiger partial charge >= 0.3 is 36.1 Å². The normalized spacial score (nSPS) is 40.2. The van der Waals surface area contributed by atoms with Gasteiger partial charge in [0.05, 0.1) is 46.4 Å². The lowest BCUT2D eigenvalue weighted by atomic mass is 9.43. The van der Waals surface area contributed by atoms with Crippen LogP contribution in [0, 0.1) is 114 Å². The summed E-state index contributed by atoms with van der Waals surface area (Å²) in [4.78, 5) is 137. The Labute approximate surface area is 605 Å². The van der Waals surface area contributed by atoms with E-state index >= 15 is 0 Å². The topological polar surface area (TPSA) is 240 Å². The number of hydrogen-bond donors (Lipinski definition) is 1. The van der Waals surface area contributed by atoms with Crippen LogP contribution < -0.4 is 17.3 Å². The van der Waals surface area contributed by atoms with Crippen LogP contribution in [-0.2, 0) is 66.8 Å². The molecule has 0 radical (unpaired) electrons. The molecule has 10 fully saturated rings. The van der Waals surface area contributed by atoms with Gasteiger partial charge in [0.2, 0.25) is 0 Å². The Morgan fingerprint density at radius 1 is 0.545 bits per heavy atom. The van der Waals surface area contributed by atoms with E-state index < -0.39 is 83.8 Å². The number of esters is 4. The standard InChI is InChI=1S/2C40H58N2O8.ClH/c2*1-23(21-48-36(47)42-18-16-41(9)17-19-42)24(2)34(46)35(50-28(6)44)26(4)33-31(49-27(5)43)20-38(8)32-11-10-29-25(3)30(45)12-13-39(29)22-40(32,39)15-14-37(33,38)7;/h2*12-13,23,25-26,29,31-33,35H,2,10-11,14-22H2,1,3-9H3;1H/t2*23-,25-,26-,29-,31-,32-,33-,35+,37+,38-,39+,40-;/m00./s1. The molecule has 101 heavy (non-hydrogen) atoms. The molecule has 12 rings (SSSR count). The van der Waals surface area contributed by atoms with E-state index in [9.17, 15) is 47.9 Å². The number of amides is 2. The highest BCUT2D eigenvalue weighted by Gasteiger charge is 2.84. The van der Waals surface area contributed by atoms with Gasteiger partial charge in [-0.05, 0) is 174 Å². The maximum atomic E-state index is 14.3. The van der Waals surface area contributed by atoms with Crippen LogP contribution in [0.15, 0.2) is 48.6 Å². The number of rotatable bonds is 18. The van der Waals surface area contributed by atoms with Crippen LogP contribution in [0.5, 0.6) is 0 Å². The zero-order chi connectivity index (χ0) is 73.1. The molecule has 12 aliphatic rings. The van der Waals surface area contributed by atoms with Crippen LogP contribution in [0.25, 0.3) is 0 Å². The van der Waals surface area contributed by atoms with Crippen LogP contribution in [0.1, 0.15) is 174 Å². The summed E-state index contributed by atoms with van der Waals surface area (Å²) in [5.41, 5.74) is -0.240. The van der Waals surface area contributed by atoms with Crippen LogP contribution >= 0.6 is 0 Å². The second-order valence-corrected chi connectivity index (χ2v) is 34.9. The van der Waals surface area contributed by atoms with Crippen LogP contribution in [0.4, 0.5) is 9.59 Å². The number of carbonyl (C=O) groups excluding carboxylic acids is 10. The average Bonchev–Trinajstić information content (AvgIpc) is 1.48. The highest BCUT2D eigenvalue weighted by Crippen LogP contribution is 2.89. The number of piperazine rings is 2. The Morgan fingerprint density at radius 3 is 1.27 bits per heavy atom. The monoisotopic (exact) mass is 1420 g/mol. The summed E-state index contributed by atoms with van der Waals surface area (Å²) >= 11 is 0. The number of ketones is 4. The lowest BCUT2D eigenvalue weighted by Gasteiger charge is -2.61. The van der Waals surface area contributed by atoms with Gasteiger partial charge in [-0.1, -0.05) is 94.5 Å². The minimum absolute atomic E-state index is 0. The van der Waals surface area contributed by atoms with Crippen molar-refractivity contribution in [2.75, 3.05) is 79.7 Å². The molecule has 2 amide bonds. The summed E-state index contributed by atoms with van der Waals surface area (Å²) in [5.74, 6) is -3.07. The smallest absolute Gasteiger partial charge is 0.410 e. The first-order valence-corrected chi connectivity index (χ1v) is 37.8. The van der Waals surface area contributed by atoms with Crippen molar-refractivity contribution in [3.8, 4) is 0 Å². The van der Waals surface area contributed by atoms with Gasteiger partial charge in [-0.3, -0.25) is 43.3 Å². The maximum Gasteiger partial charge on any atom is 0.410 e. The Hall–Kier alpha value is -5.73. The van der Waals surface area contributed by atoms with Crippen LogP contribution in [0.2, 0.25) is 0 Å². The van der Waals surface area contributed by atoms with E-state index in [0.29, 0.717) is 62.7 Å². The summed E-state index contributed by atoms with van der Waals surface area (Å²) < 4.78 is 35.3. The highest BCUT2D eigenvalue weighted by molar-refractivity contribution is 6.01. The molecule has 2 heterocycles. The number of nitrogens with zero attached hydrogens (tertiary/aromatic N) is 3. The van der Waals surface area contributed by atoms with Gasteiger partial charge in [0, 0.05) is 101 Å². The lowest BCUT2D eigenvalue weighted by molar-refractivity contribution is -0.883. The second kappa shape index (κ2) is 28.3. The quantitative estimate of drug-likeness (QED) is 0.0838. The van der Waals surface area contributed by atoms with Crippen molar-refractivity contribution in [1.82, 2.24) is 14.7 Å². The number of hydrogen-bond acceptors (Lipinski definition) is 17. The number of fused-ring (bicyclic) bond motifs is 4. The molecular weight excluding hydrogens is 1310 g/mol. The molecule has 560 valence electrons. The number of likely N-dealkylation sites (N-methyl/N-ethyl adjacent to an activating group) is 2. The molecule has 20 nitrogen and oxygen atoms in total. The molecule has 1 N–H and O–H groups in total. The van der Waals surface area contributed by atoms with Crippen molar-refractivity contribution in [3.63, 3.8) is 0 Å². The predicted molar refractivity (Wildman–Crippen MR) is 372 cm³/mol. The van der Waals surface area contributed by atoms with Crippen molar-refractivity contribution in [2.45, 2.75) is 198 Å². The van der Waals surface area contributed by atoms with E-state index in [0.717, 1.165) is 90.4 Å². The summed E-state index contributed by atoms with van der Waals surface area (Å²) in [7, 11) is 4.11. The second-order valence-electron chi connectivity index (χ2n) is 34.9. The fourth-order valence-corrected chi connectivity index (χ4v) is 24.5. The van der Waals surface area contributed by atoms with Gasteiger partial charge in [-0.15, -0.1) is 0 Å². The van der Waals surface area contributed by atoms with Gasteiger partial charge < -0.3 is 55.5 Å². The predicted octanol–water partition coefficient (Wildman–Crippen LogP) is 6.86. The Morgan fingerprint density at radius 2 is 0.911 bits per heavy atom.